The molecule has 1 unspecified atom stereocenters. The number of carbonyl (C=O) groups excluding carboxylic acids is 1. The third kappa shape index (κ3) is 3.15. The van der Waals surface area contributed by atoms with Crippen molar-refractivity contribution in [2.75, 3.05) is 13.1 Å². The van der Waals surface area contributed by atoms with Crippen molar-refractivity contribution >= 4 is 25.6 Å². The van der Waals surface area contributed by atoms with Crippen LogP contribution < -0.4 is 0 Å². The minimum absolute atomic E-state index is 0.102. The summed E-state index contributed by atoms with van der Waals surface area (Å²) in [5, 5.41) is 0. The molecule has 6 heteroatoms. The summed E-state index contributed by atoms with van der Waals surface area (Å²) in [4.78, 5) is 14.1. The molecule has 20 heavy (non-hydrogen) atoms. The lowest BCUT2D eigenvalue weighted by molar-refractivity contribution is 0.0783. The molecule has 0 radical (unpaired) electrons. The zero-order valence-corrected chi connectivity index (χ0v) is 13.2. The first-order valence-electron chi connectivity index (χ1n) is 6.67. The summed E-state index contributed by atoms with van der Waals surface area (Å²) in [5.41, 5.74) is 1.01. The van der Waals surface area contributed by atoms with Crippen LogP contribution >= 0.6 is 10.7 Å². The monoisotopic (exact) mass is 315 g/mol. The molecule has 1 saturated heterocycles. The zero-order valence-electron chi connectivity index (χ0n) is 11.6. The molecular weight excluding hydrogens is 298 g/mol. The van der Waals surface area contributed by atoms with Gasteiger partial charge >= 0.3 is 0 Å². The Bertz CT molecular complexity index is 627. The molecule has 1 heterocycles. The van der Waals surface area contributed by atoms with Crippen LogP contribution in [-0.2, 0) is 9.05 Å². The van der Waals surface area contributed by atoms with Gasteiger partial charge in [-0.25, -0.2) is 8.42 Å². The molecular formula is C14H18ClNO3S. The maximum Gasteiger partial charge on any atom is 0.262 e. The Morgan fingerprint density at radius 1 is 1.45 bits per heavy atom. The smallest absolute Gasteiger partial charge is 0.262 e. The van der Waals surface area contributed by atoms with E-state index in [-0.39, 0.29) is 16.4 Å². The predicted molar refractivity (Wildman–Crippen MR) is 78.5 cm³/mol. The van der Waals surface area contributed by atoms with Crippen molar-refractivity contribution in [2.45, 2.75) is 31.6 Å². The topological polar surface area (TPSA) is 54.5 Å². The molecule has 1 atom stereocenters. The number of hydrogen-bond acceptors (Lipinski definition) is 3. The number of carbonyl (C=O) groups is 1. The van der Waals surface area contributed by atoms with Crippen LogP contribution in [0.5, 0.6) is 0 Å². The number of amides is 1. The summed E-state index contributed by atoms with van der Waals surface area (Å²) >= 11 is 0. The van der Waals surface area contributed by atoms with Crippen LogP contribution in [0.15, 0.2) is 23.1 Å². The molecule has 0 aliphatic carbocycles. The van der Waals surface area contributed by atoms with E-state index in [1.54, 1.807) is 17.0 Å². The van der Waals surface area contributed by atoms with Crippen LogP contribution in [0, 0.1) is 12.8 Å². The van der Waals surface area contributed by atoms with Gasteiger partial charge in [0.05, 0.1) is 10.5 Å². The predicted octanol–water partition coefficient (Wildman–Crippen LogP) is 2.79. The van der Waals surface area contributed by atoms with Crippen molar-refractivity contribution in [3.63, 3.8) is 0 Å². The summed E-state index contributed by atoms with van der Waals surface area (Å²) in [5.74, 6) is 0.253. The van der Waals surface area contributed by atoms with Crippen LogP contribution in [0.4, 0.5) is 0 Å². The van der Waals surface area contributed by atoms with Crippen LogP contribution in [0.25, 0.3) is 0 Å². The Morgan fingerprint density at radius 2 is 2.15 bits per heavy atom. The maximum atomic E-state index is 12.5. The largest absolute Gasteiger partial charge is 0.338 e. The lowest BCUT2D eigenvalue weighted by atomic mass is 10.1. The lowest BCUT2D eigenvalue weighted by Gasteiger charge is -2.18. The van der Waals surface area contributed by atoms with E-state index in [0.717, 1.165) is 18.4 Å². The summed E-state index contributed by atoms with van der Waals surface area (Å²) in [6.07, 6.45) is 2.00. The number of rotatable bonds is 3. The molecule has 1 aliphatic heterocycles. The van der Waals surface area contributed by atoms with E-state index in [0.29, 0.717) is 19.0 Å². The fraction of sp³-hybridized carbons (Fsp3) is 0.500. The van der Waals surface area contributed by atoms with Gasteiger partial charge in [-0.3, -0.25) is 4.79 Å². The molecule has 4 nitrogen and oxygen atoms in total. The molecule has 1 aliphatic rings. The van der Waals surface area contributed by atoms with Gasteiger partial charge in [0.15, 0.2) is 0 Å². The second-order valence-electron chi connectivity index (χ2n) is 5.25. The zero-order chi connectivity index (χ0) is 14.9. The van der Waals surface area contributed by atoms with E-state index in [4.69, 9.17) is 10.7 Å². The van der Waals surface area contributed by atoms with Gasteiger partial charge < -0.3 is 4.90 Å². The van der Waals surface area contributed by atoms with E-state index in [1.165, 1.54) is 6.07 Å². The molecule has 110 valence electrons. The molecule has 1 aromatic rings. The molecule has 0 saturated carbocycles. The number of benzene rings is 1. The molecule has 0 N–H and O–H groups in total. The van der Waals surface area contributed by atoms with Gasteiger partial charge in [-0.2, -0.15) is 0 Å². The lowest BCUT2D eigenvalue weighted by Crippen LogP contribution is -2.29. The fourth-order valence-electron chi connectivity index (χ4n) is 2.54. The minimum Gasteiger partial charge on any atom is -0.338 e. The van der Waals surface area contributed by atoms with E-state index in [9.17, 15) is 13.2 Å². The highest BCUT2D eigenvalue weighted by molar-refractivity contribution is 8.13. The SMILES string of the molecule is CCC1CCN(C(=O)c2cc(C)ccc2S(=O)(=O)Cl)C1. The van der Waals surface area contributed by atoms with Gasteiger partial charge in [0, 0.05) is 23.8 Å². The normalized spacial score (nSPS) is 19.4. The first-order valence-corrected chi connectivity index (χ1v) is 8.98. The molecule has 0 aromatic heterocycles. The summed E-state index contributed by atoms with van der Waals surface area (Å²) in [7, 11) is 1.51. The highest BCUT2D eigenvalue weighted by Crippen LogP contribution is 2.26. The third-order valence-electron chi connectivity index (χ3n) is 3.78. The Hall–Kier alpha value is -1.07. The number of likely N-dealkylation sites (tertiary alicyclic amines) is 1. The average Bonchev–Trinajstić information content (AvgIpc) is 2.85. The highest BCUT2D eigenvalue weighted by atomic mass is 35.7. The van der Waals surface area contributed by atoms with E-state index in [1.807, 2.05) is 6.92 Å². The molecule has 1 aromatic carbocycles. The van der Waals surface area contributed by atoms with Crippen molar-refractivity contribution in [3.05, 3.63) is 29.3 Å². The summed E-state index contributed by atoms with van der Waals surface area (Å²) < 4.78 is 23.2. The van der Waals surface area contributed by atoms with Gasteiger partial charge in [-0.05, 0) is 31.4 Å². The van der Waals surface area contributed by atoms with Crippen molar-refractivity contribution in [1.82, 2.24) is 4.90 Å². The Balaban J connectivity index is 2.37. The number of hydrogen-bond donors (Lipinski definition) is 0. The van der Waals surface area contributed by atoms with Crippen LogP contribution in [0.2, 0.25) is 0 Å². The molecule has 1 fully saturated rings. The first-order chi connectivity index (χ1) is 9.32. The quantitative estimate of drug-likeness (QED) is 0.806. The maximum absolute atomic E-state index is 12.5. The van der Waals surface area contributed by atoms with Gasteiger partial charge in [0.1, 0.15) is 0 Å². The second-order valence-corrected chi connectivity index (χ2v) is 7.79. The number of halogens is 1. The Labute approximate surface area is 124 Å². The van der Waals surface area contributed by atoms with Gasteiger partial charge in [0.2, 0.25) is 0 Å². The van der Waals surface area contributed by atoms with E-state index < -0.39 is 9.05 Å². The Morgan fingerprint density at radius 3 is 2.70 bits per heavy atom. The fourth-order valence-corrected chi connectivity index (χ4v) is 3.59. The molecule has 0 bridgehead atoms. The number of nitrogens with zero attached hydrogens (tertiary/aromatic N) is 1. The minimum atomic E-state index is -3.92. The Kier molecular flexibility index (Phi) is 4.39. The molecule has 1 amide bonds. The van der Waals surface area contributed by atoms with E-state index in [2.05, 4.69) is 6.92 Å². The average molecular weight is 316 g/mol. The third-order valence-corrected chi connectivity index (χ3v) is 5.16. The first kappa shape index (κ1) is 15.3. The van der Waals surface area contributed by atoms with E-state index >= 15 is 0 Å². The molecule has 0 spiro atoms. The van der Waals surface area contributed by atoms with Crippen LogP contribution in [0.3, 0.4) is 0 Å². The van der Waals surface area contributed by atoms with Gasteiger partial charge in [-0.15, -0.1) is 0 Å². The van der Waals surface area contributed by atoms with Crippen molar-refractivity contribution in [3.8, 4) is 0 Å². The van der Waals surface area contributed by atoms with Crippen LogP contribution in [-0.4, -0.2) is 32.3 Å². The summed E-state index contributed by atoms with van der Waals surface area (Å²) in [6, 6.07) is 4.64. The van der Waals surface area contributed by atoms with Crippen molar-refractivity contribution < 1.29 is 13.2 Å². The van der Waals surface area contributed by atoms with Gasteiger partial charge in [0.25, 0.3) is 15.0 Å². The van der Waals surface area contributed by atoms with Crippen molar-refractivity contribution in [1.29, 1.82) is 0 Å². The standard InChI is InChI=1S/C14H18ClNO3S/c1-3-11-6-7-16(9-11)14(17)12-8-10(2)4-5-13(12)20(15,18)19/h4-5,8,11H,3,6-7,9H2,1-2H3. The van der Waals surface area contributed by atoms with Crippen molar-refractivity contribution in [2.24, 2.45) is 5.92 Å². The molecule has 2 rings (SSSR count). The van der Waals surface area contributed by atoms with Crippen LogP contribution in [0.1, 0.15) is 35.7 Å². The second kappa shape index (κ2) is 5.74. The number of aryl methyl sites for hydroxylation is 1. The van der Waals surface area contributed by atoms with Gasteiger partial charge in [-0.1, -0.05) is 25.0 Å². The highest BCUT2D eigenvalue weighted by Gasteiger charge is 2.29. The summed E-state index contributed by atoms with van der Waals surface area (Å²) in [6.45, 7) is 5.28.